The molecule has 0 bridgehead atoms. The van der Waals surface area contributed by atoms with Gasteiger partial charge in [0.2, 0.25) is 0 Å². The summed E-state index contributed by atoms with van der Waals surface area (Å²) in [5.74, 6) is 1.46. The van der Waals surface area contributed by atoms with Crippen LogP contribution in [-0.4, -0.2) is 25.9 Å². The maximum atomic E-state index is 5.71. The van der Waals surface area contributed by atoms with Crippen LogP contribution in [0.5, 0.6) is 5.75 Å². The molecule has 1 heterocycles. The fraction of sp³-hybridized carbons (Fsp3) is 0.625. The van der Waals surface area contributed by atoms with Gasteiger partial charge in [-0.2, -0.15) is 0 Å². The molecule has 0 aromatic heterocycles. The minimum atomic E-state index is 0.00461. The monoisotopic (exact) mass is 263 g/mol. The first kappa shape index (κ1) is 14.4. The van der Waals surface area contributed by atoms with Crippen LogP contribution in [0.3, 0.4) is 0 Å². The predicted octanol–water partition coefficient (Wildman–Crippen LogP) is 3.26. The van der Waals surface area contributed by atoms with E-state index in [1.807, 2.05) is 0 Å². The molecular weight excluding hydrogens is 238 g/mol. The molecule has 106 valence electrons. The van der Waals surface area contributed by atoms with E-state index in [0.29, 0.717) is 12.5 Å². The zero-order chi connectivity index (χ0) is 14.0. The van der Waals surface area contributed by atoms with Crippen LogP contribution in [0.15, 0.2) is 18.2 Å². The number of hydrogen-bond acceptors (Lipinski definition) is 3. The summed E-state index contributed by atoms with van der Waals surface area (Å²) >= 11 is 0. The molecule has 0 spiro atoms. The summed E-state index contributed by atoms with van der Waals surface area (Å²) in [6.45, 7) is 10.2. The van der Waals surface area contributed by atoms with E-state index in [2.05, 4.69) is 51.2 Å². The van der Waals surface area contributed by atoms with Crippen molar-refractivity contribution < 1.29 is 9.47 Å². The Balaban J connectivity index is 2.29. The Morgan fingerprint density at radius 3 is 2.68 bits per heavy atom. The van der Waals surface area contributed by atoms with Gasteiger partial charge in [-0.3, -0.25) is 0 Å². The lowest BCUT2D eigenvalue weighted by Crippen LogP contribution is -2.51. The Bertz CT molecular complexity index is 440. The minimum Gasteiger partial charge on any atom is -0.496 e. The zero-order valence-corrected chi connectivity index (χ0v) is 12.6. The lowest BCUT2D eigenvalue weighted by molar-refractivity contribution is 0.0122. The van der Waals surface area contributed by atoms with Gasteiger partial charge in [0.05, 0.1) is 26.4 Å². The molecule has 1 saturated heterocycles. The van der Waals surface area contributed by atoms with E-state index in [-0.39, 0.29) is 11.6 Å². The second-order valence-electron chi connectivity index (χ2n) is 6.25. The van der Waals surface area contributed by atoms with Gasteiger partial charge in [-0.25, -0.2) is 0 Å². The van der Waals surface area contributed by atoms with Crippen LogP contribution in [-0.2, 0) is 4.74 Å². The largest absolute Gasteiger partial charge is 0.496 e. The number of morpholine rings is 1. The van der Waals surface area contributed by atoms with E-state index < -0.39 is 0 Å². The van der Waals surface area contributed by atoms with Crippen LogP contribution < -0.4 is 10.1 Å². The van der Waals surface area contributed by atoms with Crippen LogP contribution >= 0.6 is 0 Å². The molecule has 0 saturated carbocycles. The zero-order valence-electron chi connectivity index (χ0n) is 12.6. The van der Waals surface area contributed by atoms with Crippen LogP contribution in [0.1, 0.15) is 50.8 Å². The molecule has 1 aliphatic rings. The molecule has 1 atom stereocenters. The van der Waals surface area contributed by atoms with Crippen LogP contribution in [0.2, 0.25) is 0 Å². The Hall–Kier alpha value is -1.06. The highest BCUT2D eigenvalue weighted by Gasteiger charge is 2.30. The number of rotatable bonds is 3. The molecule has 1 unspecified atom stereocenters. The SMILES string of the molecule is COc1cc(C(C)C)ccc1C1COCC(C)(C)N1. The topological polar surface area (TPSA) is 30.5 Å². The van der Waals surface area contributed by atoms with Gasteiger partial charge in [0.25, 0.3) is 0 Å². The molecular formula is C16H25NO2. The highest BCUT2D eigenvalue weighted by Crippen LogP contribution is 2.32. The van der Waals surface area contributed by atoms with Crippen molar-refractivity contribution in [1.82, 2.24) is 5.32 Å². The molecule has 19 heavy (non-hydrogen) atoms. The molecule has 1 aromatic carbocycles. The van der Waals surface area contributed by atoms with Crippen molar-refractivity contribution in [3.05, 3.63) is 29.3 Å². The third kappa shape index (κ3) is 3.28. The molecule has 2 rings (SSSR count). The summed E-state index contributed by atoms with van der Waals surface area (Å²) in [5, 5.41) is 3.63. The quantitative estimate of drug-likeness (QED) is 0.908. The Morgan fingerprint density at radius 2 is 2.11 bits per heavy atom. The molecule has 3 heteroatoms. The average Bonchev–Trinajstić information content (AvgIpc) is 2.36. The number of benzene rings is 1. The summed E-state index contributed by atoms with van der Waals surface area (Å²) in [4.78, 5) is 0. The van der Waals surface area contributed by atoms with Crippen molar-refractivity contribution >= 4 is 0 Å². The Labute approximate surface area is 116 Å². The Kier molecular flexibility index (Phi) is 4.16. The van der Waals surface area contributed by atoms with E-state index in [1.54, 1.807) is 7.11 Å². The minimum absolute atomic E-state index is 0.00461. The van der Waals surface area contributed by atoms with Gasteiger partial charge in [-0.05, 0) is 31.4 Å². The van der Waals surface area contributed by atoms with E-state index in [0.717, 1.165) is 12.4 Å². The first-order chi connectivity index (χ1) is 8.93. The molecule has 1 fully saturated rings. The average molecular weight is 263 g/mol. The van der Waals surface area contributed by atoms with Gasteiger partial charge in [0, 0.05) is 11.1 Å². The van der Waals surface area contributed by atoms with E-state index >= 15 is 0 Å². The van der Waals surface area contributed by atoms with Crippen molar-refractivity contribution in [3.63, 3.8) is 0 Å². The van der Waals surface area contributed by atoms with E-state index in [1.165, 1.54) is 11.1 Å². The van der Waals surface area contributed by atoms with Gasteiger partial charge < -0.3 is 14.8 Å². The first-order valence-electron chi connectivity index (χ1n) is 6.96. The number of ether oxygens (including phenoxy) is 2. The van der Waals surface area contributed by atoms with Crippen LogP contribution in [0, 0.1) is 0 Å². The molecule has 1 N–H and O–H groups in total. The molecule has 0 radical (unpaired) electrons. The van der Waals surface area contributed by atoms with Crippen LogP contribution in [0.25, 0.3) is 0 Å². The van der Waals surface area contributed by atoms with Gasteiger partial charge in [-0.1, -0.05) is 26.0 Å². The third-order valence-corrected chi connectivity index (χ3v) is 3.61. The van der Waals surface area contributed by atoms with Gasteiger partial charge in [0.15, 0.2) is 0 Å². The normalized spacial score (nSPS) is 22.5. The Morgan fingerprint density at radius 1 is 1.37 bits per heavy atom. The van der Waals surface area contributed by atoms with Crippen molar-refractivity contribution in [2.24, 2.45) is 0 Å². The van der Waals surface area contributed by atoms with Crippen molar-refractivity contribution in [2.45, 2.75) is 45.2 Å². The molecule has 0 aliphatic carbocycles. The molecule has 1 aliphatic heterocycles. The maximum absolute atomic E-state index is 5.71. The summed E-state index contributed by atoms with van der Waals surface area (Å²) in [6, 6.07) is 6.69. The van der Waals surface area contributed by atoms with Crippen LogP contribution in [0.4, 0.5) is 0 Å². The highest BCUT2D eigenvalue weighted by molar-refractivity contribution is 5.41. The summed E-state index contributed by atoms with van der Waals surface area (Å²) < 4.78 is 11.3. The fourth-order valence-electron chi connectivity index (χ4n) is 2.53. The van der Waals surface area contributed by atoms with Crippen molar-refractivity contribution in [3.8, 4) is 5.75 Å². The lowest BCUT2D eigenvalue weighted by Gasteiger charge is -2.37. The summed E-state index contributed by atoms with van der Waals surface area (Å²) in [5.41, 5.74) is 2.49. The fourth-order valence-corrected chi connectivity index (χ4v) is 2.53. The summed E-state index contributed by atoms with van der Waals surface area (Å²) in [6.07, 6.45) is 0. The van der Waals surface area contributed by atoms with Crippen molar-refractivity contribution in [2.75, 3.05) is 20.3 Å². The molecule has 0 amide bonds. The second-order valence-corrected chi connectivity index (χ2v) is 6.25. The number of hydrogen-bond donors (Lipinski definition) is 1. The third-order valence-electron chi connectivity index (χ3n) is 3.61. The second kappa shape index (κ2) is 5.51. The lowest BCUT2D eigenvalue weighted by atomic mass is 9.95. The maximum Gasteiger partial charge on any atom is 0.124 e. The van der Waals surface area contributed by atoms with E-state index in [4.69, 9.17) is 9.47 Å². The number of methoxy groups -OCH3 is 1. The molecule has 1 aromatic rings. The summed E-state index contributed by atoms with van der Waals surface area (Å²) in [7, 11) is 1.73. The van der Waals surface area contributed by atoms with Gasteiger partial charge in [0.1, 0.15) is 5.75 Å². The first-order valence-corrected chi connectivity index (χ1v) is 6.96. The van der Waals surface area contributed by atoms with Gasteiger partial charge >= 0.3 is 0 Å². The van der Waals surface area contributed by atoms with E-state index in [9.17, 15) is 0 Å². The standard InChI is InChI=1S/C16H25NO2/c1-11(2)12-6-7-13(15(8-12)18-5)14-9-19-10-16(3,4)17-14/h6-8,11,14,17H,9-10H2,1-5H3. The van der Waals surface area contributed by atoms with Crippen molar-refractivity contribution in [1.29, 1.82) is 0 Å². The van der Waals surface area contributed by atoms with Gasteiger partial charge in [-0.15, -0.1) is 0 Å². The smallest absolute Gasteiger partial charge is 0.124 e. The predicted molar refractivity (Wildman–Crippen MR) is 77.9 cm³/mol. The number of nitrogens with one attached hydrogen (secondary N) is 1. The molecule has 3 nitrogen and oxygen atoms in total. The highest BCUT2D eigenvalue weighted by atomic mass is 16.5.